The molecule has 2 bridgehead atoms. The molecule has 0 amide bonds. The van der Waals surface area contributed by atoms with Crippen LogP contribution in [0, 0.1) is 5.92 Å². The quantitative estimate of drug-likeness (QED) is 0.881. The number of rotatable bonds is 3. The molecule has 0 radical (unpaired) electrons. The van der Waals surface area contributed by atoms with Crippen LogP contribution < -0.4 is 10.2 Å². The van der Waals surface area contributed by atoms with Gasteiger partial charge in [-0.05, 0) is 48.0 Å². The standard InChI is InChI=1S/C16H19N3O2S/c1-21-11-6-12(16-14(9-20)18-22-15(16)7-11)13-8-17-19-4-2-10(13)3-5-19/h6-7,9-10,13,17H,2-5,8H2,1H3. The van der Waals surface area contributed by atoms with E-state index in [4.69, 9.17) is 4.74 Å². The van der Waals surface area contributed by atoms with Crippen molar-refractivity contribution >= 4 is 27.9 Å². The number of hydrazine groups is 1. The highest BCUT2D eigenvalue weighted by atomic mass is 32.1. The molecule has 1 unspecified atom stereocenters. The average Bonchev–Trinajstić information content (AvgIpc) is 2.74. The third-order valence-corrected chi connectivity index (χ3v) is 5.80. The number of piperidine rings is 1. The molecule has 22 heavy (non-hydrogen) atoms. The van der Waals surface area contributed by atoms with Crippen LogP contribution in [-0.2, 0) is 0 Å². The number of methoxy groups -OCH3 is 1. The molecule has 5 nitrogen and oxygen atoms in total. The smallest absolute Gasteiger partial charge is 0.170 e. The van der Waals surface area contributed by atoms with E-state index in [2.05, 4.69) is 20.9 Å². The highest BCUT2D eigenvalue weighted by Crippen LogP contribution is 2.41. The SMILES string of the molecule is COc1cc(C2CNN3CCC2CC3)c2c(C=O)nsc2c1. The first-order valence-corrected chi connectivity index (χ1v) is 8.48. The summed E-state index contributed by atoms with van der Waals surface area (Å²) in [6.07, 6.45) is 3.27. The molecule has 2 aromatic rings. The third kappa shape index (κ3) is 2.22. The van der Waals surface area contributed by atoms with Gasteiger partial charge in [-0.1, -0.05) is 0 Å². The first-order valence-electron chi connectivity index (χ1n) is 7.71. The average molecular weight is 317 g/mol. The fraction of sp³-hybridized carbons (Fsp3) is 0.500. The van der Waals surface area contributed by atoms with Gasteiger partial charge in [-0.2, -0.15) is 4.37 Å². The van der Waals surface area contributed by atoms with Gasteiger partial charge in [-0.25, -0.2) is 5.01 Å². The minimum absolute atomic E-state index is 0.403. The summed E-state index contributed by atoms with van der Waals surface area (Å²) >= 11 is 1.38. The Hall–Kier alpha value is -1.50. The maximum atomic E-state index is 11.4. The normalized spacial score (nSPS) is 27.8. The summed E-state index contributed by atoms with van der Waals surface area (Å²) in [6.45, 7) is 3.13. The van der Waals surface area contributed by atoms with Gasteiger partial charge in [0.05, 0.1) is 11.8 Å². The van der Waals surface area contributed by atoms with Crippen molar-refractivity contribution in [3.63, 3.8) is 0 Å². The number of carbonyl (C=O) groups is 1. The monoisotopic (exact) mass is 317 g/mol. The maximum Gasteiger partial charge on any atom is 0.170 e. The summed E-state index contributed by atoms with van der Waals surface area (Å²) in [5.74, 6) is 1.91. The Morgan fingerprint density at radius 1 is 1.41 bits per heavy atom. The van der Waals surface area contributed by atoms with Gasteiger partial charge in [0, 0.05) is 30.9 Å². The summed E-state index contributed by atoms with van der Waals surface area (Å²) in [5.41, 5.74) is 5.32. The second-order valence-electron chi connectivity index (χ2n) is 6.07. The number of aldehydes is 1. The zero-order chi connectivity index (χ0) is 15.1. The van der Waals surface area contributed by atoms with Crippen LogP contribution in [0.2, 0.25) is 0 Å². The molecule has 3 saturated heterocycles. The predicted octanol–water partition coefficient (Wildman–Crippen LogP) is 2.43. The second kappa shape index (κ2) is 5.61. The summed E-state index contributed by atoms with van der Waals surface area (Å²) in [6, 6.07) is 4.08. The topological polar surface area (TPSA) is 54.5 Å². The number of nitrogens with zero attached hydrogens (tertiary/aromatic N) is 2. The summed E-state index contributed by atoms with van der Waals surface area (Å²) < 4.78 is 10.8. The van der Waals surface area contributed by atoms with E-state index in [9.17, 15) is 4.79 Å². The maximum absolute atomic E-state index is 11.4. The van der Waals surface area contributed by atoms with Gasteiger partial charge in [0.2, 0.25) is 0 Å². The van der Waals surface area contributed by atoms with E-state index in [-0.39, 0.29) is 0 Å². The van der Waals surface area contributed by atoms with Crippen LogP contribution in [0.5, 0.6) is 5.75 Å². The van der Waals surface area contributed by atoms with Gasteiger partial charge in [0.1, 0.15) is 11.4 Å². The number of fused-ring (bicyclic) bond motifs is 5. The number of ether oxygens (including phenoxy) is 1. The van der Waals surface area contributed by atoms with Crippen molar-refractivity contribution in [1.29, 1.82) is 0 Å². The van der Waals surface area contributed by atoms with E-state index in [1.165, 1.54) is 29.9 Å². The highest BCUT2D eigenvalue weighted by molar-refractivity contribution is 7.13. The van der Waals surface area contributed by atoms with Crippen LogP contribution in [0.15, 0.2) is 12.1 Å². The van der Waals surface area contributed by atoms with Gasteiger partial charge < -0.3 is 4.74 Å². The predicted molar refractivity (Wildman–Crippen MR) is 86.6 cm³/mol. The lowest BCUT2D eigenvalue weighted by Crippen LogP contribution is -2.39. The number of aromatic nitrogens is 1. The molecule has 0 spiro atoms. The number of hydrogen-bond donors (Lipinski definition) is 1. The Labute approximate surface area is 133 Å². The van der Waals surface area contributed by atoms with E-state index >= 15 is 0 Å². The third-order valence-electron chi connectivity index (χ3n) is 4.99. The van der Waals surface area contributed by atoms with Gasteiger partial charge >= 0.3 is 0 Å². The second-order valence-corrected chi connectivity index (χ2v) is 6.87. The van der Waals surface area contributed by atoms with E-state index in [1.54, 1.807) is 7.11 Å². The lowest BCUT2D eigenvalue weighted by molar-refractivity contribution is 0.112. The van der Waals surface area contributed by atoms with E-state index in [0.29, 0.717) is 17.5 Å². The largest absolute Gasteiger partial charge is 0.497 e. The van der Waals surface area contributed by atoms with Crippen LogP contribution in [0.25, 0.3) is 10.1 Å². The number of nitrogens with one attached hydrogen (secondary N) is 1. The van der Waals surface area contributed by atoms with Crippen molar-refractivity contribution in [3.8, 4) is 5.75 Å². The van der Waals surface area contributed by atoms with Crippen LogP contribution in [0.3, 0.4) is 0 Å². The molecule has 6 heteroatoms. The van der Waals surface area contributed by atoms with Crippen molar-refractivity contribution in [2.45, 2.75) is 18.8 Å². The Bertz CT molecular complexity index is 707. The minimum Gasteiger partial charge on any atom is -0.497 e. The molecule has 5 rings (SSSR count). The molecule has 3 aliphatic rings. The molecule has 1 atom stereocenters. The first-order chi connectivity index (χ1) is 10.8. The summed E-state index contributed by atoms with van der Waals surface area (Å²) in [7, 11) is 1.69. The van der Waals surface area contributed by atoms with Crippen LogP contribution >= 0.6 is 11.5 Å². The number of carbonyl (C=O) groups excluding carboxylic acids is 1. The molecule has 116 valence electrons. The molecule has 3 aliphatic heterocycles. The minimum atomic E-state index is 0.403. The molecule has 1 aromatic heterocycles. The van der Waals surface area contributed by atoms with E-state index in [1.807, 2.05) is 6.07 Å². The summed E-state index contributed by atoms with van der Waals surface area (Å²) in [4.78, 5) is 11.4. The molecule has 4 heterocycles. The first kappa shape index (κ1) is 14.1. The fourth-order valence-electron chi connectivity index (χ4n) is 3.81. The van der Waals surface area contributed by atoms with Crippen molar-refractivity contribution in [2.75, 3.05) is 26.7 Å². The van der Waals surface area contributed by atoms with E-state index < -0.39 is 0 Å². The van der Waals surface area contributed by atoms with Gasteiger partial charge in [-0.15, -0.1) is 0 Å². The Kier molecular flexibility index (Phi) is 3.60. The Morgan fingerprint density at radius 2 is 2.23 bits per heavy atom. The van der Waals surface area contributed by atoms with Crippen molar-refractivity contribution < 1.29 is 9.53 Å². The number of benzene rings is 1. The summed E-state index contributed by atoms with van der Waals surface area (Å²) in [5, 5.41) is 3.34. The Morgan fingerprint density at radius 3 is 2.95 bits per heavy atom. The molecule has 1 N–H and O–H groups in total. The van der Waals surface area contributed by atoms with Crippen LogP contribution in [0.4, 0.5) is 0 Å². The fourth-order valence-corrected chi connectivity index (χ4v) is 4.62. The van der Waals surface area contributed by atoms with E-state index in [0.717, 1.165) is 41.8 Å². The molecular formula is C16H19N3O2S. The molecule has 3 fully saturated rings. The van der Waals surface area contributed by atoms with Crippen LogP contribution in [0.1, 0.15) is 34.8 Å². The lowest BCUT2D eigenvalue weighted by Gasteiger charge is -2.28. The zero-order valence-electron chi connectivity index (χ0n) is 12.5. The zero-order valence-corrected chi connectivity index (χ0v) is 13.4. The van der Waals surface area contributed by atoms with Gasteiger partial charge in [0.15, 0.2) is 6.29 Å². The molecule has 1 aromatic carbocycles. The molecular weight excluding hydrogens is 298 g/mol. The lowest BCUT2D eigenvalue weighted by atomic mass is 9.80. The van der Waals surface area contributed by atoms with Gasteiger partial charge in [0.25, 0.3) is 0 Å². The molecule has 0 aliphatic carbocycles. The van der Waals surface area contributed by atoms with Crippen LogP contribution in [-0.4, -0.2) is 42.4 Å². The van der Waals surface area contributed by atoms with Crippen molar-refractivity contribution in [2.24, 2.45) is 5.92 Å². The van der Waals surface area contributed by atoms with Crippen molar-refractivity contribution in [1.82, 2.24) is 14.8 Å². The van der Waals surface area contributed by atoms with Gasteiger partial charge in [-0.3, -0.25) is 10.2 Å². The molecule has 0 saturated carbocycles. The Balaban J connectivity index is 1.88. The van der Waals surface area contributed by atoms with Crippen molar-refractivity contribution in [3.05, 3.63) is 23.4 Å². The number of hydrogen-bond acceptors (Lipinski definition) is 6. The highest BCUT2D eigenvalue weighted by Gasteiger charge is 2.33.